The van der Waals surface area contributed by atoms with Crippen molar-refractivity contribution in [3.63, 3.8) is 0 Å². The number of tetrazole rings is 1. The molecule has 92 valence electrons. The Morgan fingerprint density at radius 1 is 1.35 bits per heavy atom. The normalized spacial score (nSPS) is 20.1. The number of aromatic nitrogens is 4. The summed E-state index contributed by atoms with van der Waals surface area (Å²) < 4.78 is 0. The molecule has 0 saturated carbocycles. The average molecular weight is 235 g/mol. The van der Waals surface area contributed by atoms with Crippen LogP contribution in [0.2, 0.25) is 0 Å². The second-order valence-electron chi connectivity index (χ2n) is 4.31. The molecule has 0 bridgehead atoms. The van der Waals surface area contributed by atoms with Gasteiger partial charge in [0.25, 0.3) is 0 Å². The third kappa shape index (κ3) is 2.99. The highest BCUT2D eigenvalue weighted by atomic mass is 15.6. The van der Waals surface area contributed by atoms with Gasteiger partial charge in [-0.05, 0) is 12.1 Å². The van der Waals surface area contributed by atoms with Crippen molar-refractivity contribution in [2.75, 3.05) is 26.2 Å². The van der Waals surface area contributed by atoms with E-state index in [9.17, 15) is 0 Å². The zero-order chi connectivity index (χ0) is 12.3. The van der Waals surface area contributed by atoms with Crippen molar-refractivity contribution < 1.29 is 0 Å². The van der Waals surface area contributed by atoms with Crippen molar-refractivity contribution >= 4 is 0 Å². The number of aryl methyl sites for hydroxylation is 1. The lowest BCUT2D eigenvalue weighted by Crippen LogP contribution is -2.48. The number of piperazine rings is 1. The summed E-state index contributed by atoms with van der Waals surface area (Å²) in [6.45, 7) is 6.43. The van der Waals surface area contributed by atoms with E-state index in [4.69, 9.17) is 5.26 Å². The molecule has 1 aliphatic heterocycles. The Balaban J connectivity index is 1.82. The number of hydrogen-bond donors (Lipinski definition) is 0. The minimum atomic E-state index is 0.00629. The highest BCUT2D eigenvalue weighted by Gasteiger charge is 2.21. The molecule has 0 N–H and O–H groups in total. The van der Waals surface area contributed by atoms with E-state index in [-0.39, 0.29) is 6.04 Å². The summed E-state index contributed by atoms with van der Waals surface area (Å²) in [6.07, 6.45) is 0. The predicted octanol–water partition coefficient (Wildman–Crippen LogP) is -0.760. The van der Waals surface area contributed by atoms with E-state index >= 15 is 0 Å². The van der Waals surface area contributed by atoms with Crippen LogP contribution >= 0.6 is 0 Å². The van der Waals surface area contributed by atoms with E-state index in [0.717, 1.165) is 38.5 Å². The zero-order valence-corrected chi connectivity index (χ0v) is 10.2. The van der Waals surface area contributed by atoms with Gasteiger partial charge in [0, 0.05) is 26.2 Å². The lowest BCUT2D eigenvalue weighted by molar-refractivity contribution is 0.112. The summed E-state index contributed by atoms with van der Waals surface area (Å²) in [5.41, 5.74) is 0. The van der Waals surface area contributed by atoms with Crippen LogP contribution in [0.1, 0.15) is 12.7 Å². The van der Waals surface area contributed by atoms with Crippen molar-refractivity contribution in [1.29, 1.82) is 5.26 Å². The molecule has 7 nitrogen and oxygen atoms in total. The Morgan fingerprint density at radius 2 is 2.06 bits per heavy atom. The number of hydrogen-bond acceptors (Lipinski definition) is 6. The highest BCUT2D eigenvalue weighted by molar-refractivity contribution is 4.90. The van der Waals surface area contributed by atoms with Gasteiger partial charge in [-0.2, -0.15) is 10.1 Å². The van der Waals surface area contributed by atoms with E-state index in [2.05, 4.69) is 31.3 Å². The maximum Gasteiger partial charge on any atom is 0.188 e. The molecule has 1 unspecified atom stereocenters. The second kappa shape index (κ2) is 5.21. The first-order valence-corrected chi connectivity index (χ1v) is 5.78. The summed E-state index contributed by atoms with van der Waals surface area (Å²) in [6, 6.07) is 2.28. The summed E-state index contributed by atoms with van der Waals surface area (Å²) >= 11 is 0. The second-order valence-corrected chi connectivity index (χ2v) is 4.31. The molecule has 1 saturated heterocycles. The molecule has 2 heterocycles. The fourth-order valence-electron chi connectivity index (χ4n) is 1.98. The van der Waals surface area contributed by atoms with Crippen molar-refractivity contribution in [1.82, 2.24) is 30.0 Å². The van der Waals surface area contributed by atoms with Crippen LogP contribution < -0.4 is 0 Å². The van der Waals surface area contributed by atoms with E-state index < -0.39 is 0 Å². The van der Waals surface area contributed by atoms with Gasteiger partial charge in [0.15, 0.2) is 5.82 Å². The van der Waals surface area contributed by atoms with Crippen LogP contribution in [0.25, 0.3) is 0 Å². The SMILES string of the molecule is CC(C#N)N1CCN(Cc2nnn(C)n2)CC1. The highest BCUT2D eigenvalue weighted by Crippen LogP contribution is 2.07. The first-order chi connectivity index (χ1) is 8.19. The molecular formula is C10H17N7. The van der Waals surface area contributed by atoms with E-state index in [1.807, 2.05) is 6.92 Å². The minimum Gasteiger partial charge on any atom is -0.293 e. The van der Waals surface area contributed by atoms with Crippen molar-refractivity contribution in [3.05, 3.63) is 5.82 Å². The molecule has 0 amide bonds. The Morgan fingerprint density at radius 3 is 2.59 bits per heavy atom. The Hall–Kier alpha value is -1.52. The van der Waals surface area contributed by atoms with Crippen LogP contribution in [0.5, 0.6) is 0 Å². The number of nitrogens with zero attached hydrogens (tertiary/aromatic N) is 7. The molecule has 17 heavy (non-hydrogen) atoms. The summed E-state index contributed by atoms with van der Waals surface area (Å²) in [4.78, 5) is 5.96. The number of rotatable bonds is 3. The smallest absolute Gasteiger partial charge is 0.188 e. The summed E-state index contributed by atoms with van der Waals surface area (Å²) in [5, 5.41) is 20.8. The molecule has 0 spiro atoms. The van der Waals surface area contributed by atoms with Gasteiger partial charge < -0.3 is 0 Å². The van der Waals surface area contributed by atoms with Crippen molar-refractivity contribution in [3.8, 4) is 6.07 Å². The first-order valence-electron chi connectivity index (χ1n) is 5.78. The fraction of sp³-hybridized carbons (Fsp3) is 0.800. The lowest BCUT2D eigenvalue weighted by atomic mass is 10.2. The van der Waals surface area contributed by atoms with E-state index in [0.29, 0.717) is 0 Å². The topological polar surface area (TPSA) is 73.9 Å². The summed E-state index contributed by atoms with van der Waals surface area (Å²) in [7, 11) is 1.77. The largest absolute Gasteiger partial charge is 0.293 e. The first kappa shape index (κ1) is 12.0. The molecule has 0 radical (unpaired) electrons. The monoisotopic (exact) mass is 235 g/mol. The quantitative estimate of drug-likeness (QED) is 0.685. The van der Waals surface area contributed by atoms with Gasteiger partial charge in [-0.15, -0.1) is 10.2 Å². The molecule has 1 atom stereocenters. The van der Waals surface area contributed by atoms with Crippen LogP contribution in [0.15, 0.2) is 0 Å². The molecular weight excluding hydrogens is 218 g/mol. The van der Waals surface area contributed by atoms with Gasteiger partial charge in [-0.3, -0.25) is 9.80 Å². The molecule has 2 rings (SSSR count). The van der Waals surface area contributed by atoms with Crippen LogP contribution in [0.4, 0.5) is 0 Å². The summed E-state index contributed by atoms with van der Waals surface area (Å²) in [5.74, 6) is 0.759. The van der Waals surface area contributed by atoms with Crippen molar-refractivity contribution in [2.45, 2.75) is 19.5 Å². The Kier molecular flexibility index (Phi) is 3.66. The standard InChI is InChI=1S/C10H17N7/c1-9(7-11)17-5-3-16(4-6-17)8-10-12-14-15(2)13-10/h9H,3-6,8H2,1-2H3. The Labute approximate surface area is 101 Å². The minimum absolute atomic E-state index is 0.00629. The van der Waals surface area contributed by atoms with Gasteiger partial charge in [-0.25, -0.2) is 0 Å². The zero-order valence-electron chi connectivity index (χ0n) is 10.2. The third-order valence-corrected chi connectivity index (χ3v) is 3.06. The van der Waals surface area contributed by atoms with Crippen molar-refractivity contribution in [2.24, 2.45) is 7.05 Å². The third-order valence-electron chi connectivity index (χ3n) is 3.06. The molecule has 1 aromatic heterocycles. The van der Waals surface area contributed by atoms with Crippen LogP contribution in [0.3, 0.4) is 0 Å². The van der Waals surface area contributed by atoms with Gasteiger partial charge in [0.2, 0.25) is 0 Å². The van der Waals surface area contributed by atoms with Gasteiger partial charge >= 0.3 is 0 Å². The predicted molar refractivity (Wildman–Crippen MR) is 60.7 cm³/mol. The van der Waals surface area contributed by atoms with Crippen LogP contribution in [-0.2, 0) is 13.6 Å². The Bertz CT molecular complexity index is 399. The van der Waals surface area contributed by atoms with Crippen LogP contribution in [-0.4, -0.2) is 62.2 Å². The lowest BCUT2D eigenvalue weighted by Gasteiger charge is -2.35. The molecule has 7 heteroatoms. The van der Waals surface area contributed by atoms with Gasteiger partial charge in [0.1, 0.15) is 0 Å². The molecule has 1 fully saturated rings. The van der Waals surface area contributed by atoms with Gasteiger partial charge in [0.05, 0.1) is 25.7 Å². The fourth-order valence-corrected chi connectivity index (χ4v) is 1.98. The number of nitriles is 1. The average Bonchev–Trinajstić information content (AvgIpc) is 2.75. The molecule has 0 aliphatic carbocycles. The van der Waals surface area contributed by atoms with E-state index in [1.54, 1.807) is 7.05 Å². The molecule has 0 aromatic carbocycles. The maximum absolute atomic E-state index is 8.85. The van der Waals surface area contributed by atoms with E-state index in [1.165, 1.54) is 4.80 Å². The molecule has 1 aromatic rings. The molecule has 1 aliphatic rings. The van der Waals surface area contributed by atoms with Gasteiger partial charge in [-0.1, -0.05) is 0 Å². The van der Waals surface area contributed by atoms with Crippen LogP contribution in [0, 0.1) is 11.3 Å². The maximum atomic E-state index is 8.85.